The molecule has 1 aliphatic carbocycles. The molecule has 10 heteroatoms. The van der Waals surface area contributed by atoms with Gasteiger partial charge in [0.25, 0.3) is 0 Å². The molecule has 1 unspecified atom stereocenters. The lowest BCUT2D eigenvalue weighted by atomic mass is 10.2. The van der Waals surface area contributed by atoms with Gasteiger partial charge in [0.1, 0.15) is 5.82 Å². The number of hydrogen-bond donors (Lipinski definition) is 0. The number of carbonyl (C=O) groups excluding carboxylic acids is 1. The van der Waals surface area contributed by atoms with E-state index in [-0.39, 0.29) is 29.1 Å². The molecule has 2 fully saturated rings. The highest BCUT2D eigenvalue weighted by Crippen LogP contribution is 2.39. The highest BCUT2D eigenvalue weighted by molar-refractivity contribution is 7.99. The van der Waals surface area contributed by atoms with Crippen molar-refractivity contribution in [2.75, 3.05) is 17.3 Å². The number of hydrogen-bond acceptors (Lipinski definition) is 7. The Hall–Kier alpha value is -1.91. The van der Waals surface area contributed by atoms with Gasteiger partial charge in [-0.25, -0.2) is 8.42 Å². The van der Waals surface area contributed by atoms with E-state index in [4.69, 9.17) is 0 Å². The first-order chi connectivity index (χ1) is 15.3. The summed E-state index contributed by atoms with van der Waals surface area (Å²) in [4.78, 5) is 14.4. The molecule has 170 valence electrons. The predicted molar refractivity (Wildman–Crippen MR) is 127 cm³/mol. The molecular formula is C22H26N4O3S3. The number of thioether (sulfide) groups is 1. The lowest BCUT2D eigenvalue weighted by Gasteiger charge is -2.16. The quantitative estimate of drug-likeness (QED) is 0.350. The second kappa shape index (κ2) is 8.46. The molecule has 0 aromatic carbocycles. The first-order valence-corrected chi connectivity index (χ1v) is 14.5. The number of ketones is 1. The summed E-state index contributed by atoms with van der Waals surface area (Å²) in [5.41, 5.74) is 2.48. The molecular weight excluding hydrogens is 464 g/mol. The minimum atomic E-state index is -2.99. The Bertz CT molecular complexity index is 1250. The number of sulfone groups is 1. The van der Waals surface area contributed by atoms with E-state index in [0.717, 1.165) is 41.6 Å². The average Bonchev–Trinajstić information content (AvgIpc) is 3.05. The molecule has 32 heavy (non-hydrogen) atoms. The standard InChI is InChI=1S/C22H26N4O3S3/c1-14-10-19(15(2)25(14)17-7-9-32(28,29)13-17)20(27)12-31-22-24-23-21(26(22)16-5-6-16)11-18-4-3-8-30-18/h3-4,8,10,16-17H,5-7,9,11-13H2,1-2H3. The average molecular weight is 491 g/mol. The van der Waals surface area contributed by atoms with Crippen LogP contribution in [0.25, 0.3) is 0 Å². The smallest absolute Gasteiger partial charge is 0.191 e. The topological polar surface area (TPSA) is 86.8 Å². The Morgan fingerprint density at radius 2 is 2.00 bits per heavy atom. The molecule has 2 aliphatic rings. The summed E-state index contributed by atoms with van der Waals surface area (Å²) in [6.07, 6.45) is 3.63. The number of nitrogens with zero attached hydrogens (tertiary/aromatic N) is 4. The number of aromatic nitrogens is 4. The summed E-state index contributed by atoms with van der Waals surface area (Å²) < 4.78 is 28.1. The van der Waals surface area contributed by atoms with Gasteiger partial charge in [-0.2, -0.15) is 0 Å². The molecule has 3 aromatic rings. The van der Waals surface area contributed by atoms with Crippen molar-refractivity contribution in [1.82, 2.24) is 19.3 Å². The minimum absolute atomic E-state index is 0.0420. The van der Waals surface area contributed by atoms with Gasteiger partial charge in [0.05, 0.1) is 17.3 Å². The zero-order valence-corrected chi connectivity index (χ0v) is 20.6. The molecule has 0 bridgehead atoms. The second-order valence-electron chi connectivity index (χ2n) is 8.68. The molecule has 0 radical (unpaired) electrons. The number of carbonyl (C=O) groups is 1. The van der Waals surface area contributed by atoms with Crippen LogP contribution in [0.5, 0.6) is 0 Å². The van der Waals surface area contributed by atoms with Gasteiger partial charge >= 0.3 is 0 Å². The maximum Gasteiger partial charge on any atom is 0.191 e. The fourth-order valence-corrected chi connectivity index (χ4v) is 7.91. The largest absolute Gasteiger partial charge is 0.344 e. The molecule has 0 spiro atoms. The molecule has 7 nitrogen and oxygen atoms in total. The monoisotopic (exact) mass is 490 g/mol. The van der Waals surface area contributed by atoms with Gasteiger partial charge in [0, 0.05) is 40.3 Å². The highest BCUT2D eigenvalue weighted by atomic mass is 32.2. The van der Waals surface area contributed by atoms with Crippen LogP contribution in [-0.4, -0.2) is 50.8 Å². The van der Waals surface area contributed by atoms with Crippen molar-refractivity contribution >= 4 is 38.7 Å². The van der Waals surface area contributed by atoms with E-state index in [1.807, 2.05) is 30.5 Å². The normalized spacial score (nSPS) is 20.1. The van der Waals surface area contributed by atoms with Crippen LogP contribution < -0.4 is 0 Å². The van der Waals surface area contributed by atoms with Crippen LogP contribution in [0.2, 0.25) is 0 Å². The lowest BCUT2D eigenvalue weighted by molar-refractivity contribution is 0.102. The molecule has 0 N–H and O–H groups in total. The van der Waals surface area contributed by atoms with Crippen LogP contribution in [-0.2, 0) is 16.3 Å². The molecule has 1 atom stereocenters. The third-order valence-electron chi connectivity index (χ3n) is 6.25. The Labute approximate surface area is 196 Å². The summed E-state index contributed by atoms with van der Waals surface area (Å²) in [6.45, 7) is 3.87. The van der Waals surface area contributed by atoms with Crippen molar-refractivity contribution in [2.45, 2.75) is 56.8 Å². The van der Waals surface area contributed by atoms with Gasteiger partial charge in [-0.15, -0.1) is 21.5 Å². The number of rotatable bonds is 8. The van der Waals surface area contributed by atoms with E-state index in [1.165, 1.54) is 16.6 Å². The van der Waals surface area contributed by atoms with Crippen molar-refractivity contribution < 1.29 is 13.2 Å². The molecule has 1 aliphatic heterocycles. The number of aryl methyl sites for hydroxylation is 1. The maximum absolute atomic E-state index is 13.1. The molecule has 1 saturated heterocycles. The van der Waals surface area contributed by atoms with Gasteiger partial charge in [-0.05, 0) is 50.6 Å². The first-order valence-electron chi connectivity index (χ1n) is 10.8. The van der Waals surface area contributed by atoms with E-state index >= 15 is 0 Å². The van der Waals surface area contributed by atoms with E-state index in [9.17, 15) is 13.2 Å². The summed E-state index contributed by atoms with van der Waals surface area (Å²) in [5, 5.41) is 11.7. The van der Waals surface area contributed by atoms with E-state index in [2.05, 4.69) is 26.2 Å². The zero-order chi connectivity index (χ0) is 22.5. The Morgan fingerprint density at radius 3 is 2.66 bits per heavy atom. The molecule has 4 heterocycles. The Morgan fingerprint density at radius 1 is 1.19 bits per heavy atom. The molecule has 1 saturated carbocycles. The predicted octanol–water partition coefficient (Wildman–Crippen LogP) is 4.02. The van der Waals surface area contributed by atoms with Crippen LogP contribution in [0.15, 0.2) is 28.7 Å². The van der Waals surface area contributed by atoms with Crippen LogP contribution in [0.3, 0.4) is 0 Å². The van der Waals surface area contributed by atoms with E-state index in [1.54, 1.807) is 11.3 Å². The van der Waals surface area contributed by atoms with Gasteiger partial charge in [0.2, 0.25) is 0 Å². The third kappa shape index (κ3) is 4.32. The van der Waals surface area contributed by atoms with Crippen LogP contribution >= 0.6 is 23.1 Å². The summed E-state index contributed by atoms with van der Waals surface area (Å²) in [6, 6.07) is 6.41. The highest BCUT2D eigenvalue weighted by Gasteiger charge is 2.32. The SMILES string of the molecule is Cc1cc(C(=O)CSc2nnc(Cc3cccs3)n2C2CC2)c(C)n1C1CCS(=O)(=O)C1. The Kier molecular flexibility index (Phi) is 5.79. The zero-order valence-electron chi connectivity index (χ0n) is 18.2. The summed E-state index contributed by atoms with van der Waals surface area (Å²) >= 11 is 3.16. The van der Waals surface area contributed by atoms with Crippen molar-refractivity contribution in [1.29, 1.82) is 0 Å². The van der Waals surface area contributed by atoms with Gasteiger partial charge < -0.3 is 9.13 Å². The lowest BCUT2D eigenvalue weighted by Crippen LogP contribution is -2.14. The van der Waals surface area contributed by atoms with Crippen LogP contribution in [0.1, 0.15) is 63.8 Å². The van der Waals surface area contributed by atoms with E-state index in [0.29, 0.717) is 18.0 Å². The Balaban J connectivity index is 1.32. The molecule has 3 aromatic heterocycles. The van der Waals surface area contributed by atoms with Crippen LogP contribution in [0.4, 0.5) is 0 Å². The first kappa shape index (κ1) is 21.9. The van der Waals surface area contributed by atoms with Gasteiger partial charge in [-0.1, -0.05) is 17.8 Å². The molecule has 5 rings (SSSR count). The second-order valence-corrected chi connectivity index (χ2v) is 12.9. The number of thiophene rings is 1. The van der Waals surface area contributed by atoms with Crippen LogP contribution in [0, 0.1) is 13.8 Å². The summed E-state index contributed by atoms with van der Waals surface area (Å²) in [5.74, 6) is 1.67. The third-order valence-corrected chi connectivity index (χ3v) is 9.82. The minimum Gasteiger partial charge on any atom is -0.344 e. The van der Waals surface area contributed by atoms with Gasteiger partial charge in [0.15, 0.2) is 20.8 Å². The fourth-order valence-electron chi connectivity index (χ4n) is 4.60. The van der Waals surface area contributed by atoms with Crippen molar-refractivity contribution in [3.05, 3.63) is 51.2 Å². The molecule has 0 amide bonds. The summed E-state index contributed by atoms with van der Waals surface area (Å²) in [7, 11) is -2.99. The van der Waals surface area contributed by atoms with Crippen molar-refractivity contribution in [3.63, 3.8) is 0 Å². The van der Waals surface area contributed by atoms with Crippen molar-refractivity contribution in [2.24, 2.45) is 0 Å². The van der Waals surface area contributed by atoms with Gasteiger partial charge in [-0.3, -0.25) is 4.79 Å². The number of Topliss-reactive ketones (excluding diaryl/α,β-unsaturated/α-hetero) is 1. The van der Waals surface area contributed by atoms with E-state index < -0.39 is 9.84 Å². The maximum atomic E-state index is 13.1. The van der Waals surface area contributed by atoms with Crippen molar-refractivity contribution in [3.8, 4) is 0 Å². The fraction of sp³-hybridized carbons (Fsp3) is 0.500.